The Kier molecular flexibility index (Phi) is 37.5. The molecule has 580 valence electrons. The Morgan fingerprint density at radius 3 is 1.00 bits per heavy atom. The van der Waals surface area contributed by atoms with Gasteiger partial charge in [-0.1, -0.05) is 309 Å². The van der Waals surface area contributed by atoms with E-state index in [1.54, 1.807) is 13.8 Å². The number of halogens is 6. The lowest BCUT2D eigenvalue weighted by molar-refractivity contribution is -0.258. The summed E-state index contributed by atoms with van der Waals surface area (Å²) in [6.45, 7) is 21.4. The second-order valence-electron chi connectivity index (χ2n) is 30.2. The number of thioether (sulfide) groups is 2. The molecule has 2 unspecified atom stereocenters. The van der Waals surface area contributed by atoms with Gasteiger partial charge in [-0.3, -0.25) is 0 Å². The molecule has 1 aromatic carbocycles. The van der Waals surface area contributed by atoms with Crippen molar-refractivity contribution in [1.29, 1.82) is 0 Å². The first-order valence-corrected chi connectivity index (χ1v) is 43.2. The van der Waals surface area contributed by atoms with Crippen LogP contribution in [0.25, 0.3) is 4.91 Å². The first kappa shape index (κ1) is 85.5. The molecule has 4 heterocycles. The maximum atomic E-state index is 16.8. The number of nitrogens with zero attached hydrogens (tertiary/aromatic N) is 8. The van der Waals surface area contributed by atoms with Gasteiger partial charge < -0.3 is 31.1 Å². The number of hydrogen-bond acceptors (Lipinski definition) is 14. The highest BCUT2D eigenvalue weighted by atomic mass is 32.2. The summed E-state index contributed by atoms with van der Waals surface area (Å²) in [5, 5.41) is 14.1. The van der Waals surface area contributed by atoms with Crippen LogP contribution >= 0.6 is 23.5 Å². The summed E-state index contributed by atoms with van der Waals surface area (Å²) in [4.78, 5) is 35.1. The zero-order chi connectivity index (χ0) is 73.8. The highest BCUT2D eigenvalue weighted by Crippen LogP contribution is 2.74. The fourth-order valence-corrected chi connectivity index (χ4v) is 18.0. The fraction of sp³-hybridized carbons (Fsp3) is 0.759. The molecule has 2 atom stereocenters. The molecule has 20 heteroatoms. The summed E-state index contributed by atoms with van der Waals surface area (Å²) in [5.41, 5.74) is -1.85. The van der Waals surface area contributed by atoms with Gasteiger partial charge in [-0.2, -0.15) is 56.2 Å². The summed E-state index contributed by atoms with van der Waals surface area (Å²) in [6.07, 6.45) is 54.7. The fourth-order valence-electron chi connectivity index (χ4n) is 14.9. The maximum Gasteiger partial charge on any atom is 0.380 e. The van der Waals surface area contributed by atoms with Crippen LogP contribution in [0.2, 0.25) is 0 Å². The Labute approximate surface area is 627 Å². The van der Waals surface area contributed by atoms with Crippen LogP contribution in [0.4, 0.5) is 67.7 Å². The van der Waals surface area contributed by atoms with E-state index in [4.69, 9.17) is 29.9 Å². The molecule has 0 amide bonds. The quantitative estimate of drug-likeness (QED) is 0.0316. The molecule has 4 N–H and O–H groups in total. The Bertz CT molecular complexity index is 3040. The predicted octanol–water partition coefficient (Wildman–Crippen LogP) is 26.4. The first-order chi connectivity index (χ1) is 49.9. The summed E-state index contributed by atoms with van der Waals surface area (Å²) < 4.78 is 96.6. The van der Waals surface area contributed by atoms with Crippen LogP contribution < -0.4 is 31.1 Å². The van der Waals surface area contributed by atoms with E-state index in [0.29, 0.717) is 52.4 Å². The molecule has 1 fully saturated rings. The van der Waals surface area contributed by atoms with E-state index in [1.807, 2.05) is 24.3 Å². The Balaban J connectivity index is 1.15. The third-order valence-corrected chi connectivity index (χ3v) is 24.8. The lowest BCUT2D eigenvalue weighted by Gasteiger charge is -2.47. The number of rotatable bonds is 59. The van der Waals surface area contributed by atoms with Gasteiger partial charge >= 0.3 is 17.8 Å². The summed E-state index contributed by atoms with van der Waals surface area (Å²) in [6, 6.07) is 7.39. The monoisotopic (exact) mass is 1480 g/mol. The average molecular weight is 1480 g/mol. The van der Waals surface area contributed by atoms with Crippen molar-refractivity contribution in [3.63, 3.8) is 0 Å². The van der Waals surface area contributed by atoms with E-state index < -0.39 is 38.4 Å². The molecule has 2 aromatic heterocycles. The lowest BCUT2D eigenvalue weighted by Crippen LogP contribution is -2.49. The minimum Gasteiger partial charge on any atom is -0.354 e. The van der Waals surface area contributed by atoms with Gasteiger partial charge in [0.2, 0.25) is 35.7 Å². The Morgan fingerprint density at radius 1 is 0.340 bits per heavy atom. The molecule has 2 aliphatic heterocycles. The Hall–Kier alpha value is -4.72. The number of allylic oxidation sites excluding steroid dienone is 4. The summed E-state index contributed by atoms with van der Waals surface area (Å²) in [7, 11) is 0. The van der Waals surface area contributed by atoms with Gasteiger partial charge in [-0.05, 0) is 93.4 Å². The van der Waals surface area contributed by atoms with Crippen molar-refractivity contribution in [3.8, 4) is 0 Å². The number of fused-ring (bicyclic) bond motifs is 4. The molecule has 7 rings (SSSR count). The van der Waals surface area contributed by atoms with E-state index in [0.717, 1.165) is 154 Å². The zero-order valence-corrected chi connectivity index (χ0v) is 66.6. The second kappa shape index (κ2) is 45.2. The van der Waals surface area contributed by atoms with Gasteiger partial charge in [0.15, 0.2) is 0 Å². The van der Waals surface area contributed by atoms with E-state index in [-0.39, 0.29) is 22.1 Å². The standard InChI is InChI=1S/C83H134F6N12S2/c1-9-15-21-27-33-35-37-39-41-47-57-90-73-94-75(98-77(96-73)100(59-49-43-29-23-17-11-3)60-50-44-30-24-18-12-4)92-66-55-53-65(54-56-66)69-63-67-71-72(82(86,87)83(88,89)81(71,84)85)68-64-70(103-80(68,8)79(67,7)102-69)93-76-95-74(91-58-48-42-40-38-36-34-28-22-16-10-2)97-78(99-76)101(61-51-45-31-25-19-13-5)62-52-46-32-26-20-14-6/h53-56,63-64H,9-52,57-62H2,1-8H3,(H2,90,92,94,96,98)(H2,91,93,95,97,99). The predicted molar refractivity (Wildman–Crippen MR) is 429 cm³/mol. The molecule has 0 bridgehead atoms. The maximum absolute atomic E-state index is 16.8. The molecule has 4 aliphatic rings. The van der Waals surface area contributed by atoms with Crippen LogP contribution in [0, 0.1) is 0 Å². The average Bonchev–Trinajstić information content (AvgIpc) is 1.49. The van der Waals surface area contributed by atoms with Crippen LogP contribution in [0.3, 0.4) is 0 Å². The number of hydrogen-bond donors (Lipinski definition) is 4. The van der Waals surface area contributed by atoms with Crippen molar-refractivity contribution in [2.75, 3.05) is 70.3 Å². The van der Waals surface area contributed by atoms with Crippen LogP contribution in [0.1, 0.15) is 343 Å². The van der Waals surface area contributed by atoms with Crippen LogP contribution in [0.15, 0.2) is 63.7 Å². The highest BCUT2D eigenvalue weighted by molar-refractivity contribution is 8.12. The van der Waals surface area contributed by atoms with Crippen LogP contribution in [0.5, 0.6) is 0 Å². The van der Waals surface area contributed by atoms with Crippen molar-refractivity contribution in [2.24, 2.45) is 0 Å². The second-order valence-corrected chi connectivity index (χ2v) is 33.2. The van der Waals surface area contributed by atoms with Gasteiger partial charge in [0, 0.05) is 61.0 Å². The topological polar surface area (TPSA) is 132 Å². The lowest BCUT2D eigenvalue weighted by atomic mass is 9.71. The number of unbranched alkanes of at least 4 members (excludes halogenated alkanes) is 38. The van der Waals surface area contributed by atoms with E-state index in [1.165, 1.54) is 197 Å². The number of aromatic nitrogens is 6. The largest absolute Gasteiger partial charge is 0.380 e. The minimum absolute atomic E-state index is 0.154. The molecular weight excluding hydrogens is 1340 g/mol. The Morgan fingerprint density at radius 2 is 0.641 bits per heavy atom. The van der Waals surface area contributed by atoms with E-state index in [2.05, 4.69) is 72.6 Å². The molecular formula is C83H134F6N12S2. The number of nitrogens with one attached hydrogen (secondary N) is 4. The molecule has 0 radical (unpaired) electrons. The van der Waals surface area contributed by atoms with Gasteiger partial charge in [0.1, 0.15) is 0 Å². The molecule has 1 saturated carbocycles. The van der Waals surface area contributed by atoms with Gasteiger partial charge in [0.25, 0.3) is 0 Å². The van der Waals surface area contributed by atoms with Gasteiger partial charge in [-0.15, -0.1) is 11.8 Å². The van der Waals surface area contributed by atoms with Crippen molar-refractivity contribution in [1.82, 2.24) is 29.9 Å². The first-order valence-electron chi connectivity index (χ1n) is 41.5. The van der Waals surface area contributed by atoms with Crippen molar-refractivity contribution in [2.45, 2.75) is 365 Å². The van der Waals surface area contributed by atoms with Crippen molar-refractivity contribution >= 4 is 69.8 Å². The molecule has 0 saturated heterocycles. The van der Waals surface area contributed by atoms with Crippen LogP contribution in [-0.2, 0) is 0 Å². The third kappa shape index (κ3) is 24.9. The minimum atomic E-state index is -5.70. The van der Waals surface area contributed by atoms with Gasteiger partial charge in [-0.25, -0.2) is 0 Å². The van der Waals surface area contributed by atoms with E-state index >= 15 is 26.3 Å². The SMILES string of the molecule is CCCCCCCCCCCCNc1nc(NC2=CC3=C4C(=C5C=C(c6ccc(Nc7nc(NCCCCCCCCCCCC)nc(N(CCCCCCCC)CCCCCCCC)n7)cc6)SC5(C)C3(C)S2)C(F)(F)C(F)(F)C4(F)F)nc(N(CCCCCCCC)CCCCCCCC)n1. The van der Waals surface area contributed by atoms with Crippen LogP contribution in [-0.4, -0.2) is 96.4 Å². The number of benzene rings is 1. The molecule has 2 aliphatic carbocycles. The zero-order valence-electron chi connectivity index (χ0n) is 65.0. The summed E-state index contributed by atoms with van der Waals surface area (Å²) in [5.74, 6) is -13.6. The molecule has 103 heavy (non-hydrogen) atoms. The van der Waals surface area contributed by atoms with E-state index in [9.17, 15) is 0 Å². The number of anilines is 7. The smallest absolute Gasteiger partial charge is 0.354 e. The summed E-state index contributed by atoms with van der Waals surface area (Å²) >= 11 is 2.40. The molecule has 12 nitrogen and oxygen atoms in total. The molecule has 3 aromatic rings. The van der Waals surface area contributed by atoms with Gasteiger partial charge in [0.05, 0.1) is 14.5 Å². The van der Waals surface area contributed by atoms with Crippen molar-refractivity contribution < 1.29 is 26.3 Å². The normalized spacial score (nSPS) is 18.5. The highest BCUT2D eigenvalue weighted by Gasteiger charge is 2.84. The van der Waals surface area contributed by atoms with Crippen molar-refractivity contribution in [3.05, 3.63) is 69.3 Å². The molecule has 0 spiro atoms. The third-order valence-electron chi connectivity index (χ3n) is 21.5. The number of alkyl halides is 6.